The summed E-state index contributed by atoms with van der Waals surface area (Å²) in [6.45, 7) is 4.05. The third-order valence-electron chi connectivity index (χ3n) is 3.85. The number of ether oxygens (including phenoxy) is 3. The maximum absolute atomic E-state index is 10.8. The van der Waals surface area contributed by atoms with Crippen LogP contribution in [-0.2, 0) is 14.2 Å². The van der Waals surface area contributed by atoms with Gasteiger partial charge in [0.2, 0.25) is 17.9 Å². The van der Waals surface area contributed by atoms with Crippen molar-refractivity contribution in [3.05, 3.63) is 22.1 Å². The molecule has 0 amide bonds. The van der Waals surface area contributed by atoms with Crippen LogP contribution in [0.5, 0.6) is 0 Å². The van der Waals surface area contributed by atoms with Crippen molar-refractivity contribution in [2.24, 2.45) is 0 Å². The number of fused-ring (bicyclic) bond motifs is 2. The van der Waals surface area contributed by atoms with Gasteiger partial charge in [-0.15, -0.1) is 0 Å². The lowest BCUT2D eigenvalue weighted by molar-refractivity contribution is -0.389. The van der Waals surface area contributed by atoms with Crippen molar-refractivity contribution in [3.8, 4) is 0 Å². The van der Waals surface area contributed by atoms with Crippen molar-refractivity contribution in [3.63, 3.8) is 0 Å². The Hall–Kier alpha value is -1.55. The summed E-state index contributed by atoms with van der Waals surface area (Å²) >= 11 is 0. The SMILES string of the molecule is CCOC1(O)CC(n2cc([N+](=O)[O-])nc2C)C2COC1O2. The van der Waals surface area contributed by atoms with Crippen LogP contribution in [0.25, 0.3) is 0 Å². The van der Waals surface area contributed by atoms with E-state index in [-0.39, 0.29) is 24.4 Å². The molecule has 3 heterocycles. The zero-order valence-electron chi connectivity index (χ0n) is 11.8. The van der Waals surface area contributed by atoms with Gasteiger partial charge in [-0.1, -0.05) is 0 Å². The van der Waals surface area contributed by atoms with E-state index in [2.05, 4.69) is 4.98 Å². The molecule has 9 heteroatoms. The van der Waals surface area contributed by atoms with E-state index in [1.807, 2.05) is 0 Å². The average Bonchev–Trinajstić information content (AvgIpc) is 3.01. The fourth-order valence-corrected chi connectivity index (χ4v) is 2.93. The lowest BCUT2D eigenvalue weighted by atomic mass is 9.98. The Bertz CT molecular complexity index is 561. The van der Waals surface area contributed by atoms with E-state index >= 15 is 0 Å². The smallest absolute Gasteiger partial charge is 0.361 e. The van der Waals surface area contributed by atoms with Gasteiger partial charge in [-0.25, -0.2) is 0 Å². The quantitative estimate of drug-likeness (QED) is 0.490. The lowest BCUT2D eigenvalue weighted by Gasteiger charge is -2.39. The standard InChI is InChI=1S/C12H17N3O6/c1-3-20-12(16)4-8(9-6-19-11(12)21-9)14-5-10(15(17)18)13-7(14)2/h5,8-9,11,16H,3-4,6H2,1-2H3. The molecule has 21 heavy (non-hydrogen) atoms. The van der Waals surface area contributed by atoms with Crippen LogP contribution in [0.4, 0.5) is 5.82 Å². The fourth-order valence-electron chi connectivity index (χ4n) is 2.93. The second kappa shape index (κ2) is 5.02. The van der Waals surface area contributed by atoms with Crippen LogP contribution in [0.3, 0.4) is 0 Å². The molecule has 1 aromatic heterocycles. The molecule has 1 N–H and O–H groups in total. The Kier molecular flexibility index (Phi) is 3.44. The number of aryl methyl sites for hydroxylation is 1. The van der Waals surface area contributed by atoms with Gasteiger partial charge in [0.05, 0.1) is 12.6 Å². The fraction of sp³-hybridized carbons (Fsp3) is 0.750. The molecule has 0 saturated carbocycles. The Morgan fingerprint density at radius 1 is 1.71 bits per heavy atom. The van der Waals surface area contributed by atoms with Crippen molar-refractivity contribution in [2.45, 2.75) is 44.5 Å². The van der Waals surface area contributed by atoms with Gasteiger partial charge in [0.15, 0.2) is 0 Å². The summed E-state index contributed by atoms with van der Waals surface area (Å²) in [5, 5.41) is 21.4. The number of imidazole rings is 1. The first kappa shape index (κ1) is 14.4. The Balaban J connectivity index is 1.92. The maximum atomic E-state index is 10.8. The number of nitro groups is 1. The summed E-state index contributed by atoms with van der Waals surface area (Å²) in [5.41, 5.74) is 0. The van der Waals surface area contributed by atoms with Gasteiger partial charge in [0, 0.05) is 20.0 Å². The number of hydrogen-bond donors (Lipinski definition) is 1. The molecule has 3 rings (SSSR count). The second-order valence-electron chi connectivity index (χ2n) is 5.20. The molecular weight excluding hydrogens is 282 g/mol. The summed E-state index contributed by atoms with van der Waals surface area (Å²) < 4.78 is 18.1. The summed E-state index contributed by atoms with van der Waals surface area (Å²) in [6.07, 6.45) is 0.472. The van der Waals surface area contributed by atoms with Gasteiger partial charge < -0.3 is 34.0 Å². The van der Waals surface area contributed by atoms with E-state index in [0.29, 0.717) is 19.0 Å². The number of aromatic nitrogens is 2. The first-order valence-corrected chi connectivity index (χ1v) is 6.78. The largest absolute Gasteiger partial charge is 0.381 e. The molecule has 0 spiro atoms. The third-order valence-corrected chi connectivity index (χ3v) is 3.85. The first-order valence-electron chi connectivity index (χ1n) is 6.78. The summed E-state index contributed by atoms with van der Waals surface area (Å²) in [7, 11) is 0. The van der Waals surface area contributed by atoms with Crippen LogP contribution in [-0.4, -0.2) is 51.0 Å². The molecule has 4 unspecified atom stereocenters. The first-order chi connectivity index (χ1) is 9.94. The predicted molar refractivity (Wildman–Crippen MR) is 68.5 cm³/mol. The van der Waals surface area contributed by atoms with Gasteiger partial charge >= 0.3 is 5.82 Å². The Labute approximate surface area is 120 Å². The molecule has 1 aromatic rings. The van der Waals surface area contributed by atoms with Crippen LogP contribution < -0.4 is 0 Å². The van der Waals surface area contributed by atoms with E-state index < -0.39 is 17.0 Å². The number of rotatable bonds is 4. The molecule has 2 fully saturated rings. The van der Waals surface area contributed by atoms with E-state index in [9.17, 15) is 15.2 Å². The van der Waals surface area contributed by atoms with Gasteiger partial charge in [0.1, 0.15) is 12.3 Å². The molecule has 2 bridgehead atoms. The number of hydrogen-bond acceptors (Lipinski definition) is 7. The van der Waals surface area contributed by atoms with Crippen LogP contribution in [0.1, 0.15) is 25.2 Å². The Morgan fingerprint density at radius 2 is 2.48 bits per heavy atom. The predicted octanol–water partition coefficient (Wildman–Crippen LogP) is 0.511. The highest BCUT2D eigenvalue weighted by Gasteiger charge is 2.55. The van der Waals surface area contributed by atoms with Gasteiger partial charge in [0.25, 0.3) is 0 Å². The van der Waals surface area contributed by atoms with Crippen molar-refractivity contribution in [1.29, 1.82) is 0 Å². The second-order valence-corrected chi connectivity index (χ2v) is 5.20. The van der Waals surface area contributed by atoms with Crippen molar-refractivity contribution in [2.75, 3.05) is 13.2 Å². The van der Waals surface area contributed by atoms with Gasteiger partial charge in [-0.05, 0) is 16.8 Å². The molecular formula is C12H17N3O6. The molecule has 0 radical (unpaired) electrons. The van der Waals surface area contributed by atoms with Gasteiger partial charge in [-0.3, -0.25) is 0 Å². The summed E-state index contributed by atoms with van der Waals surface area (Å²) in [5.74, 6) is -1.30. The van der Waals surface area contributed by atoms with E-state index in [4.69, 9.17) is 14.2 Å². The molecule has 2 aliphatic heterocycles. The van der Waals surface area contributed by atoms with E-state index in [1.165, 1.54) is 6.20 Å². The van der Waals surface area contributed by atoms with Crippen molar-refractivity contribution >= 4 is 5.82 Å². The summed E-state index contributed by atoms with van der Waals surface area (Å²) in [6, 6.07) is -0.332. The van der Waals surface area contributed by atoms with Gasteiger partial charge in [-0.2, -0.15) is 0 Å². The number of aliphatic hydroxyl groups is 1. The maximum Gasteiger partial charge on any atom is 0.381 e. The topological polar surface area (TPSA) is 109 Å². The molecule has 4 atom stereocenters. The lowest BCUT2D eigenvalue weighted by Crippen LogP contribution is -2.52. The van der Waals surface area contributed by atoms with Crippen LogP contribution in [0.15, 0.2) is 6.20 Å². The minimum Gasteiger partial charge on any atom is -0.361 e. The highest BCUT2D eigenvalue weighted by Crippen LogP contribution is 2.42. The van der Waals surface area contributed by atoms with Crippen molar-refractivity contribution in [1.82, 2.24) is 9.55 Å². The Morgan fingerprint density at radius 3 is 3.10 bits per heavy atom. The normalized spacial score (nSPS) is 35.1. The number of nitrogens with zero attached hydrogens (tertiary/aromatic N) is 3. The third kappa shape index (κ3) is 2.31. The molecule has 0 aromatic carbocycles. The molecule has 0 aliphatic carbocycles. The van der Waals surface area contributed by atoms with E-state index in [0.717, 1.165) is 0 Å². The molecule has 9 nitrogen and oxygen atoms in total. The van der Waals surface area contributed by atoms with Crippen LogP contribution in [0, 0.1) is 17.0 Å². The zero-order chi connectivity index (χ0) is 15.2. The monoisotopic (exact) mass is 299 g/mol. The average molecular weight is 299 g/mol. The minimum absolute atomic E-state index is 0.227. The highest BCUT2D eigenvalue weighted by molar-refractivity contribution is 5.18. The highest BCUT2D eigenvalue weighted by atomic mass is 16.8. The molecule has 2 aliphatic rings. The molecule has 116 valence electrons. The van der Waals surface area contributed by atoms with Crippen molar-refractivity contribution < 1.29 is 24.2 Å². The minimum atomic E-state index is -1.56. The zero-order valence-corrected chi connectivity index (χ0v) is 11.8. The summed E-state index contributed by atoms with van der Waals surface area (Å²) in [4.78, 5) is 14.2. The molecule has 2 saturated heterocycles. The van der Waals surface area contributed by atoms with Crippen LogP contribution in [0.2, 0.25) is 0 Å². The van der Waals surface area contributed by atoms with Crippen LogP contribution >= 0.6 is 0 Å². The van der Waals surface area contributed by atoms with E-state index in [1.54, 1.807) is 18.4 Å².